The molecule has 0 bridgehead atoms. The molecule has 0 unspecified atom stereocenters. The Balaban J connectivity index is 2.22. The van der Waals surface area contributed by atoms with Crippen LogP contribution in [0.5, 0.6) is 0 Å². The third-order valence-corrected chi connectivity index (χ3v) is 3.73. The van der Waals surface area contributed by atoms with Gasteiger partial charge < -0.3 is 13.9 Å². The lowest BCUT2D eigenvalue weighted by Gasteiger charge is -2.06. The molecule has 10 heteroatoms. The van der Waals surface area contributed by atoms with Gasteiger partial charge in [-0.05, 0) is 13.8 Å². The molecule has 0 spiro atoms. The molecule has 0 aliphatic rings. The third kappa shape index (κ3) is 3.50. The fourth-order valence-corrected chi connectivity index (χ4v) is 2.59. The molecule has 3 aromatic heterocycles. The van der Waals surface area contributed by atoms with E-state index in [0.29, 0.717) is 11.3 Å². The summed E-state index contributed by atoms with van der Waals surface area (Å²) < 4.78 is 17.0. The molecule has 3 rings (SSSR count). The summed E-state index contributed by atoms with van der Waals surface area (Å²) >= 11 is 0. The SMILES string of the molecule is CCOC(=O)Nc1c(C(=O)OCC)oc2cc(C#N)c(-c3cnn(C)c3)nc12. The Morgan fingerprint density at radius 1 is 1.32 bits per heavy atom. The zero-order valence-corrected chi connectivity index (χ0v) is 15.5. The molecule has 3 heterocycles. The number of furan rings is 1. The lowest BCUT2D eigenvalue weighted by atomic mass is 10.1. The van der Waals surface area contributed by atoms with Crippen molar-refractivity contribution in [3.05, 3.63) is 29.8 Å². The molecular weight excluding hydrogens is 366 g/mol. The highest BCUT2D eigenvalue weighted by molar-refractivity contribution is 6.07. The number of nitriles is 1. The second-order valence-corrected chi connectivity index (χ2v) is 5.62. The van der Waals surface area contributed by atoms with Gasteiger partial charge in [0.25, 0.3) is 0 Å². The van der Waals surface area contributed by atoms with Crippen LogP contribution >= 0.6 is 0 Å². The van der Waals surface area contributed by atoms with E-state index in [1.165, 1.54) is 6.07 Å². The van der Waals surface area contributed by atoms with E-state index in [4.69, 9.17) is 13.9 Å². The van der Waals surface area contributed by atoms with Crippen molar-refractivity contribution in [1.82, 2.24) is 14.8 Å². The first-order valence-corrected chi connectivity index (χ1v) is 8.46. The average Bonchev–Trinajstić information content (AvgIpc) is 3.24. The minimum Gasteiger partial charge on any atom is -0.460 e. The van der Waals surface area contributed by atoms with E-state index in [-0.39, 0.29) is 41.3 Å². The standard InChI is InChI=1S/C18H17N5O5/c1-4-26-17(24)16-15(22-18(25)27-5-2)14-12(28-16)6-10(7-19)13(21-14)11-8-20-23(3)9-11/h6,8-9H,4-5H2,1-3H3,(H,22,25). The highest BCUT2D eigenvalue weighted by atomic mass is 16.6. The van der Waals surface area contributed by atoms with Crippen LogP contribution in [0.2, 0.25) is 0 Å². The Hall–Kier alpha value is -3.87. The van der Waals surface area contributed by atoms with Crippen LogP contribution in [0.15, 0.2) is 22.9 Å². The number of fused-ring (bicyclic) bond motifs is 1. The van der Waals surface area contributed by atoms with Gasteiger partial charge in [0.15, 0.2) is 5.58 Å². The first kappa shape index (κ1) is 18.9. The monoisotopic (exact) mass is 383 g/mol. The Morgan fingerprint density at radius 2 is 2.07 bits per heavy atom. The number of pyridine rings is 1. The van der Waals surface area contributed by atoms with Gasteiger partial charge in [-0.1, -0.05) is 0 Å². The van der Waals surface area contributed by atoms with Crippen LogP contribution in [0.3, 0.4) is 0 Å². The largest absolute Gasteiger partial charge is 0.460 e. The highest BCUT2D eigenvalue weighted by Gasteiger charge is 2.26. The number of ether oxygens (including phenoxy) is 2. The van der Waals surface area contributed by atoms with Gasteiger partial charge >= 0.3 is 12.1 Å². The topological polar surface area (TPSA) is 132 Å². The Bertz CT molecular complexity index is 1090. The van der Waals surface area contributed by atoms with Crippen molar-refractivity contribution in [2.75, 3.05) is 18.5 Å². The molecular formula is C18H17N5O5. The number of esters is 1. The van der Waals surface area contributed by atoms with Crippen LogP contribution in [0, 0.1) is 11.3 Å². The van der Waals surface area contributed by atoms with E-state index in [2.05, 4.69) is 21.5 Å². The Labute approximate surface area is 159 Å². The van der Waals surface area contributed by atoms with E-state index in [1.54, 1.807) is 38.0 Å². The molecule has 10 nitrogen and oxygen atoms in total. The van der Waals surface area contributed by atoms with Crippen molar-refractivity contribution in [1.29, 1.82) is 5.26 Å². The summed E-state index contributed by atoms with van der Waals surface area (Å²) in [5, 5.41) is 16.0. The van der Waals surface area contributed by atoms with Crippen LogP contribution in [-0.4, -0.2) is 40.0 Å². The van der Waals surface area contributed by atoms with E-state index >= 15 is 0 Å². The van der Waals surface area contributed by atoms with E-state index < -0.39 is 12.1 Å². The fraction of sp³-hybridized carbons (Fsp3) is 0.278. The first-order chi connectivity index (χ1) is 13.5. The number of aromatic nitrogens is 3. The number of anilines is 1. The predicted molar refractivity (Wildman–Crippen MR) is 97.5 cm³/mol. The van der Waals surface area contributed by atoms with Gasteiger partial charge in [0.1, 0.15) is 17.3 Å². The number of hydrogen-bond acceptors (Lipinski definition) is 8. The minimum atomic E-state index is -0.773. The normalized spacial score (nSPS) is 10.5. The number of nitrogens with one attached hydrogen (secondary N) is 1. The third-order valence-electron chi connectivity index (χ3n) is 3.73. The molecule has 0 aliphatic carbocycles. The molecule has 0 radical (unpaired) electrons. The summed E-state index contributed by atoms with van der Waals surface area (Å²) in [6.07, 6.45) is 2.48. The molecule has 0 aliphatic heterocycles. The van der Waals surface area contributed by atoms with Crippen LogP contribution in [0.4, 0.5) is 10.5 Å². The van der Waals surface area contributed by atoms with E-state index in [9.17, 15) is 14.9 Å². The quantitative estimate of drug-likeness (QED) is 0.665. The average molecular weight is 383 g/mol. The summed E-state index contributed by atoms with van der Waals surface area (Å²) in [6.45, 7) is 3.55. The van der Waals surface area contributed by atoms with Gasteiger partial charge in [-0.2, -0.15) is 10.4 Å². The molecule has 0 atom stereocenters. The maximum atomic E-state index is 12.3. The lowest BCUT2D eigenvalue weighted by molar-refractivity contribution is 0.0494. The number of rotatable bonds is 5. The maximum absolute atomic E-state index is 12.3. The van der Waals surface area contributed by atoms with Crippen LogP contribution in [0.1, 0.15) is 30.0 Å². The Morgan fingerprint density at radius 3 is 2.68 bits per heavy atom. The van der Waals surface area contributed by atoms with Crippen LogP contribution in [-0.2, 0) is 16.5 Å². The van der Waals surface area contributed by atoms with E-state index in [1.807, 2.05) is 0 Å². The van der Waals surface area contributed by atoms with Crippen molar-refractivity contribution in [3.8, 4) is 17.3 Å². The fourth-order valence-electron chi connectivity index (χ4n) is 2.59. The predicted octanol–water partition coefficient (Wildman–Crippen LogP) is 2.85. The number of hydrogen-bond donors (Lipinski definition) is 1. The van der Waals surface area contributed by atoms with Gasteiger partial charge in [0, 0.05) is 24.9 Å². The van der Waals surface area contributed by atoms with Crippen molar-refractivity contribution >= 4 is 28.8 Å². The van der Waals surface area contributed by atoms with Crippen LogP contribution < -0.4 is 5.32 Å². The van der Waals surface area contributed by atoms with Gasteiger partial charge in [0.05, 0.1) is 30.7 Å². The minimum absolute atomic E-state index is 0.0153. The smallest absolute Gasteiger partial charge is 0.411 e. The number of amides is 1. The van der Waals surface area contributed by atoms with Crippen molar-refractivity contribution in [3.63, 3.8) is 0 Å². The molecule has 3 aromatic rings. The molecule has 0 saturated heterocycles. The van der Waals surface area contributed by atoms with Gasteiger partial charge in [-0.3, -0.25) is 10.00 Å². The zero-order valence-electron chi connectivity index (χ0n) is 15.5. The molecule has 144 valence electrons. The summed E-state index contributed by atoms with van der Waals surface area (Å²) in [7, 11) is 1.73. The Kier molecular flexibility index (Phi) is 5.26. The second kappa shape index (κ2) is 7.79. The van der Waals surface area contributed by atoms with E-state index in [0.717, 1.165) is 0 Å². The first-order valence-electron chi connectivity index (χ1n) is 8.46. The van der Waals surface area contributed by atoms with Crippen molar-refractivity contribution in [2.24, 2.45) is 7.05 Å². The molecule has 0 fully saturated rings. The van der Waals surface area contributed by atoms with Crippen molar-refractivity contribution in [2.45, 2.75) is 13.8 Å². The molecule has 0 aromatic carbocycles. The van der Waals surface area contributed by atoms with Gasteiger partial charge in [-0.15, -0.1) is 0 Å². The molecule has 0 saturated carbocycles. The summed E-state index contributed by atoms with van der Waals surface area (Å²) in [6, 6.07) is 3.50. The number of carbonyl (C=O) groups is 2. The molecule has 1 N–H and O–H groups in total. The lowest BCUT2D eigenvalue weighted by Crippen LogP contribution is -2.16. The summed E-state index contributed by atoms with van der Waals surface area (Å²) in [5.41, 5.74) is 1.52. The highest BCUT2D eigenvalue weighted by Crippen LogP contribution is 2.34. The number of nitrogens with zero attached hydrogens (tertiary/aromatic N) is 4. The van der Waals surface area contributed by atoms with Crippen molar-refractivity contribution < 1.29 is 23.5 Å². The second-order valence-electron chi connectivity index (χ2n) is 5.62. The summed E-state index contributed by atoms with van der Waals surface area (Å²) in [4.78, 5) is 28.7. The summed E-state index contributed by atoms with van der Waals surface area (Å²) in [5.74, 6) is -1.00. The zero-order chi connectivity index (χ0) is 20.3. The molecule has 1 amide bonds. The maximum Gasteiger partial charge on any atom is 0.411 e. The number of carbonyl (C=O) groups excluding carboxylic acids is 2. The molecule has 28 heavy (non-hydrogen) atoms. The van der Waals surface area contributed by atoms with Gasteiger partial charge in [0.2, 0.25) is 5.76 Å². The van der Waals surface area contributed by atoms with Crippen LogP contribution in [0.25, 0.3) is 22.4 Å². The number of aryl methyl sites for hydroxylation is 1. The van der Waals surface area contributed by atoms with Gasteiger partial charge in [-0.25, -0.2) is 14.6 Å².